The molecule has 0 saturated carbocycles. The Balaban J connectivity index is 2.22. The largest absolute Gasteiger partial charge is 0.267 e. The van der Waals surface area contributed by atoms with E-state index in [1.807, 2.05) is 36.4 Å². The highest BCUT2D eigenvalue weighted by molar-refractivity contribution is 9.10. The summed E-state index contributed by atoms with van der Waals surface area (Å²) < 4.78 is 3.12. The Morgan fingerprint density at radius 3 is 2.80 bits per heavy atom. The lowest BCUT2D eigenvalue weighted by molar-refractivity contribution is 1.03. The van der Waals surface area contributed by atoms with Gasteiger partial charge in [-0.15, -0.1) is 0 Å². The summed E-state index contributed by atoms with van der Waals surface area (Å²) in [4.78, 5) is 4.30. The van der Waals surface area contributed by atoms with E-state index in [-0.39, 0.29) is 0 Å². The number of nitrogens with one attached hydrogen (secondary N) is 1. The van der Waals surface area contributed by atoms with Crippen molar-refractivity contribution in [3.63, 3.8) is 0 Å². The fourth-order valence-corrected chi connectivity index (χ4v) is 2.49. The van der Waals surface area contributed by atoms with E-state index in [9.17, 15) is 0 Å². The van der Waals surface area contributed by atoms with Crippen LogP contribution in [0.5, 0.6) is 0 Å². The number of halogens is 2. The Kier molecular flexibility index (Phi) is 3.69. The summed E-state index contributed by atoms with van der Waals surface area (Å²) in [5.41, 5.74) is 1.57. The molecule has 2 aromatic heterocycles. The number of benzene rings is 1. The molecule has 1 N–H and O–H groups in total. The third-order valence-electron chi connectivity index (χ3n) is 2.73. The van der Waals surface area contributed by atoms with Gasteiger partial charge in [0, 0.05) is 10.7 Å². The lowest BCUT2D eigenvalue weighted by atomic mass is 10.3. The monoisotopic (exact) mass is 366 g/mol. The van der Waals surface area contributed by atoms with E-state index >= 15 is 0 Å². The van der Waals surface area contributed by atoms with Crippen LogP contribution in [0, 0.1) is 4.77 Å². The average Bonchev–Trinajstić information content (AvgIpc) is 2.85. The van der Waals surface area contributed by atoms with E-state index in [4.69, 9.17) is 23.8 Å². The maximum Gasteiger partial charge on any atom is 0.200 e. The summed E-state index contributed by atoms with van der Waals surface area (Å²) in [7, 11) is 0. The van der Waals surface area contributed by atoms with Crippen molar-refractivity contribution in [2.45, 2.75) is 0 Å². The minimum Gasteiger partial charge on any atom is -0.267 e. The molecule has 1 aromatic carbocycles. The van der Waals surface area contributed by atoms with Crippen molar-refractivity contribution in [2.75, 3.05) is 0 Å². The van der Waals surface area contributed by atoms with Crippen LogP contribution in [-0.2, 0) is 0 Å². The van der Waals surface area contributed by atoms with Crippen LogP contribution in [0.15, 0.2) is 47.1 Å². The van der Waals surface area contributed by atoms with Gasteiger partial charge in [0.1, 0.15) is 5.69 Å². The van der Waals surface area contributed by atoms with Crippen LogP contribution < -0.4 is 0 Å². The Morgan fingerprint density at radius 1 is 1.25 bits per heavy atom. The van der Waals surface area contributed by atoms with Crippen LogP contribution in [0.2, 0.25) is 5.02 Å². The minimum absolute atomic E-state index is 0.490. The number of hydrogen-bond donors (Lipinski definition) is 1. The Bertz CT molecular complexity index is 813. The molecule has 3 rings (SSSR count). The number of pyridine rings is 1. The Morgan fingerprint density at radius 2 is 2.10 bits per heavy atom. The van der Waals surface area contributed by atoms with E-state index in [2.05, 4.69) is 31.1 Å². The molecular weight excluding hydrogens is 360 g/mol. The van der Waals surface area contributed by atoms with E-state index in [1.54, 1.807) is 10.8 Å². The van der Waals surface area contributed by atoms with Crippen molar-refractivity contribution >= 4 is 39.7 Å². The molecule has 0 unspecified atom stereocenters. The minimum atomic E-state index is 0.490. The first-order chi connectivity index (χ1) is 9.66. The van der Waals surface area contributed by atoms with Crippen molar-refractivity contribution in [1.29, 1.82) is 0 Å². The predicted molar refractivity (Wildman–Crippen MR) is 84.7 cm³/mol. The molecule has 0 radical (unpaired) electrons. The molecule has 0 spiro atoms. The van der Waals surface area contributed by atoms with Gasteiger partial charge in [-0.3, -0.25) is 14.6 Å². The number of aromatic nitrogens is 4. The van der Waals surface area contributed by atoms with Crippen LogP contribution in [0.4, 0.5) is 0 Å². The van der Waals surface area contributed by atoms with Gasteiger partial charge in [0.15, 0.2) is 10.6 Å². The van der Waals surface area contributed by atoms with Crippen LogP contribution >= 0.6 is 39.7 Å². The lowest BCUT2D eigenvalue weighted by Gasteiger charge is -2.07. The normalized spacial score (nSPS) is 10.7. The highest BCUT2D eigenvalue weighted by Gasteiger charge is 2.12. The second-order valence-electron chi connectivity index (χ2n) is 4.00. The predicted octanol–water partition coefficient (Wildman–Crippen LogP) is 4.41. The molecule has 0 aliphatic rings. The topological polar surface area (TPSA) is 46.5 Å². The molecule has 100 valence electrons. The summed E-state index contributed by atoms with van der Waals surface area (Å²) in [6.07, 6.45) is 1.71. The second kappa shape index (κ2) is 5.47. The Labute approximate surface area is 133 Å². The van der Waals surface area contributed by atoms with Crippen molar-refractivity contribution in [1.82, 2.24) is 19.7 Å². The van der Waals surface area contributed by atoms with Crippen molar-refractivity contribution in [3.05, 3.63) is 56.9 Å². The maximum absolute atomic E-state index is 6.14. The van der Waals surface area contributed by atoms with Gasteiger partial charge in [-0.05, 0) is 58.5 Å². The van der Waals surface area contributed by atoms with Crippen LogP contribution in [-0.4, -0.2) is 19.7 Å². The first-order valence-electron chi connectivity index (χ1n) is 5.71. The van der Waals surface area contributed by atoms with Crippen molar-refractivity contribution in [2.24, 2.45) is 0 Å². The summed E-state index contributed by atoms with van der Waals surface area (Å²) in [5, 5.41) is 7.64. The molecule has 4 nitrogen and oxygen atoms in total. The van der Waals surface area contributed by atoms with Crippen LogP contribution in [0.1, 0.15) is 0 Å². The summed E-state index contributed by atoms with van der Waals surface area (Å²) in [6, 6.07) is 11.2. The van der Waals surface area contributed by atoms with Crippen molar-refractivity contribution in [3.8, 4) is 17.2 Å². The molecule has 0 atom stereocenters. The fraction of sp³-hybridized carbons (Fsp3) is 0. The maximum atomic E-state index is 6.14. The first kappa shape index (κ1) is 13.5. The summed E-state index contributed by atoms with van der Waals surface area (Å²) in [6.45, 7) is 0. The summed E-state index contributed by atoms with van der Waals surface area (Å²) >= 11 is 14.8. The van der Waals surface area contributed by atoms with Gasteiger partial charge >= 0.3 is 0 Å². The quantitative estimate of drug-likeness (QED) is 0.683. The summed E-state index contributed by atoms with van der Waals surface area (Å²) in [5.74, 6) is 0.647. The SMILES string of the molecule is S=c1[nH]nc(-c2ccccn2)n1-c1ccc(Br)c(Cl)c1. The third kappa shape index (κ3) is 2.42. The highest BCUT2D eigenvalue weighted by Crippen LogP contribution is 2.27. The Hall–Kier alpha value is -1.50. The number of nitrogens with zero attached hydrogens (tertiary/aromatic N) is 3. The van der Waals surface area contributed by atoms with E-state index in [1.165, 1.54) is 0 Å². The van der Waals surface area contributed by atoms with Gasteiger partial charge in [0.2, 0.25) is 0 Å². The van der Waals surface area contributed by atoms with E-state index in [0.717, 1.165) is 15.9 Å². The van der Waals surface area contributed by atoms with Crippen LogP contribution in [0.3, 0.4) is 0 Å². The first-order valence-corrected chi connectivity index (χ1v) is 7.29. The number of hydrogen-bond acceptors (Lipinski definition) is 3. The standard InChI is InChI=1S/C13H8BrClN4S/c14-9-5-4-8(7-10(9)15)19-12(17-18-13(19)20)11-3-1-2-6-16-11/h1-7H,(H,18,20). The molecule has 3 aromatic rings. The van der Waals surface area contributed by atoms with Gasteiger partial charge in [-0.1, -0.05) is 17.7 Å². The van der Waals surface area contributed by atoms with Gasteiger partial charge in [-0.2, -0.15) is 5.10 Å². The average molecular weight is 368 g/mol. The molecule has 0 amide bonds. The van der Waals surface area contributed by atoms with E-state index in [0.29, 0.717) is 15.6 Å². The smallest absolute Gasteiger partial charge is 0.200 e. The van der Waals surface area contributed by atoms with Gasteiger partial charge in [0.05, 0.1) is 10.7 Å². The van der Waals surface area contributed by atoms with E-state index < -0.39 is 0 Å². The number of rotatable bonds is 2. The zero-order valence-corrected chi connectivity index (χ0v) is 13.2. The highest BCUT2D eigenvalue weighted by atomic mass is 79.9. The third-order valence-corrected chi connectivity index (χ3v) is 4.23. The molecule has 2 heterocycles. The van der Waals surface area contributed by atoms with Gasteiger partial charge in [0.25, 0.3) is 0 Å². The van der Waals surface area contributed by atoms with Crippen molar-refractivity contribution < 1.29 is 0 Å². The molecular formula is C13H8BrClN4S. The molecule has 7 heteroatoms. The van der Waals surface area contributed by atoms with Crippen LogP contribution in [0.25, 0.3) is 17.2 Å². The lowest BCUT2D eigenvalue weighted by Crippen LogP contribution is -1.99. The molecule has 0 aliphatic heterocycles. The number of H-pyrrole nitrogens is 1. The van der Waals surface area contributed by atoms with Gasteiger partial charge < -0.3 is 0 Å². The molecule has 0 bridgehead atoms. The molecule has 0 fully saturated rings. The fourth-order valence-electron chi connectivity index (χ4n) is 1.83. The molecule has 0 aliphatic carbocycles. The molecule has 20 heavy (non-hydrogen) atoms. The zero-order chi connectivity index (χ0) is 14.1. The number of aromatic amines is 1. The molecule has 0 saturated heterocycles. The van der Waals surface area contributed by atoms with Gasteiger partial charge in [-0.25, -0.2) is 0 Å². The zero-order valence-electron chi connectivity index (χ0n) is 10.0. The second-order valence-corrected chi connectivity index (χ2v) is 5.65.